The number of rotatable bonds is 2. The number of nitrogens with one attached hydrogen (secondary N) is 1. The summed E-state index contributed by atoms with van der Waals surface area (Å²) in [6.07, 6.45) is 2.25. The van der Waals surface area contributed by atoms with Crippen LogP contribution in [0.4, 0.5) is 0 Å². The number of benzene rings is 1. The average Bonchev–Trinajstić information content (AvgIpc) is 2.82. The molecular weight excluding hydrogens is 342 g/mol. The Kier molecular flexibility index (Phi) is 4.89. The van der Waals surface area contributed by atoms with Gasteiger partial charge in [-0.25, -0.2) is 4.79 Å². The Balaban J connectivity index is 0.00000147. The fourth-order valence-corrected chi connectivity index (χ4v) is 3.52. The first kappa shape index (κ1) is 15.5. The number of carbonyl (C=O) groups is 1. The highest BCUT2D eigenvalue weighted by atomic mass is 79.9. The molecule has 3 nitrogen and oxygen atoms in total. The number of carbonyl (C=O) groups excluding carboxylic acids is 1. The molecule has 0 radical (unpaired) electrons. The van der Waals surface area contributed by atoms with E-state index >= 15 is 0 Å². The molecule has 20 heavy (non-hydrogen) atoms. The second-order valence-electron chi connectivity index (χ2n) is 5.08. The van der Waals surface area contributed by atoms with Gasteiger partial charge in [-0.1, -0.05) is 12.6 Å². The molecule has 0 atom stereocenters. The third kappa shape index (κ3) is 2.65. The molecule has 1 saturated heterocycles. The van der Waals surface area contributed by atoms with E-state index in [-0.39, 0.29) is 18.4 Å². The Labute approximate surface area is 133 Å². The van der Waals surface area contributed by atoms with Crippen LogP contribution in [0.25, 0.3) is 5.57 Å². The van der Waals surface area contributed by atoms with Gasteiger partial charge < -0.3 is 10.1 Å². The quantitative estimate of drug-likeness (QED) is 0.822. The first-order chi connectivity index (χ1) is 9.18. The Morgan fingerprint density at radius 2 is 2.05 bits per heavy atom. The standard InChI is InChI=1S/C15H16BrNO2.ClH/c1-9(10-4-6-17-7-5-10)11-2-3-12-13(14(11)16)8-19-15(12)18;/h2-3,10,17H,1,4-8H2;1H. The molecule has 2 aliphatic rings. The molecule has 1 fully saturated rings. The van der Waals surface area contributed by atoms with Crippen molar-refractivity contribution in [2.24, 2.45) is 5.92 Å². The monoisotopic (exact) mass is 357 g/mol. The van der Waals surface area contributed by atoms with Crippen molar-refractivity contribution < 1.29 is 9.53 Å². The van der Waals surface area contributed by atoms with E-state index in [1.807, 2.05) is 12.1 Å². The van der Waals surface area contributed by atoms with Crippen LogP contribution in [0.15, 0.2) is 23.2 Å². The van der Waals surface area contributed by atoms with Gasteiger partial charge in [0.1, 0.15) is 6.61 Å². The summed E-state index contributed by atoms with van der Waals surface area (Å²) in [6, 6.07) is 3.84. The van der Waals surface area contributed by atoms with Gasteiger partial charge in [0.25, 0.3) is 0 Å². The highest BCUT2D eigenvalue weighted by molar-refractivity contribution is 9.10. The van der Waals surface area contributed by atoms with Gasteiger partial charge in [0.15, 0.2) is 0 Å². The summed E-state index contributed by atoms with van der Waals surface area (Å²) in [5, 5.41) is 3.37. The van der Waals surface area contributed by atoms with Crippen molar-refractivity contribution in [3.8, 4) is 0 Å². The largest absolute Gasteiger partial charge is 0.457 e. The molecule has 0 saturated carbocycles. The number of hydrogen-bond donors (Lipinski definition) is 1. The van der Waals surface area contributed by atoms with Gasteiger partial charge in [0.2, 0.25) is 0 Å². The molecule has 2 aliphatic heterocycles. The molecule has 0 aliphatic carbocycles. The Bertz CT molecular complexity index is 553. The van der Waals surface area contributed by atoms with Gasteiger partial charge in [-0.05, 0) is 65.0 Å². The fourth-order valence-electron chi connectivity index (χ4n) is 2.81. The van der Waals surface area contributed by atoms with E-state index in [1.165, 1.54) is 0 Å². The zero-order chi connectivity index (χ0) is 13.4. The molecule has 0 unspecified atom stereocenters. The van der Waals surface area contributed by atoms with Crippen LogP contribution in [-0.4, -0.2) is 19.1 Å². The molecular formula is C15H17BrClNO2. The van der Waals surface area contributed by atoms with Gasteiger partial charge in [-0.2, -0.15) is 0 Å². The van der Waals surface area contributed by atoms with Crippen molar-refractivity contribution in [2.45, 2.75) is 19.4 Å². The van der Waals surface area contributed by atoms with E-state index in [4.69, 9.17) is 4.74 Å². The zero-order valence-corrected chi connectivity index (χ0v) is 13.5. The number of fused-ring (bicyclic) bond motifs is 1. The van der Waals surface area contributed by atoms with Gasteiger partial charge >= 0.3 is 5.97 Å². The van der Waals surface area contributed by atoms with Crippen LogP contribution in [0.1, 0.15) is 34.3 Å². The molecule has 108 valence electrons. The van der Waals surface area contributed by atoms with E-state index in [1.54, 1.807) is 0 Å². The number of allylic oxidation sites excluding steroid dienone is 1. The summed E-state index contributed by atoms with van der Waals surface area (Å²) < 4.78 is 6.05. The molecule has 0 amide bonds. The van der Waals surface area contributed by atoms with Crippen LogP contribution in [0.2, 0.25) is 0 Å². The van der Waals surface area contributed by atoms with Gasteiger partial charge in [-0.3, -0.25) is 0 Å². The Morgan fingerprint density at radius 3 is 2.75 bits per heavy atom. The minimum absolute atomic E-state index is 0. The average molecular weight is 359 g/mol. The topological polar surface area (TPSA) is 38.3 Å². The lowest BCUT2D eigenvalue weighted by atomic mass is 9.86. The van der Waals surface area contributed by atoms with Crippen LogP contribution < -0.4 is 5.32 Å². The molecule has 0 spiro atoms. The molecule has 1 aromatic rings. The van der Waals surface area contributed by atoms with E-state index in [0.717, 1.165) is 47.1 Å². The summed E-state index contributed by atoms with van der Waals surface area (Å²) in [7, 11) is 0. The van der Waals surface area contributed by atoms with E-state index in [0.29, 0.717) is 18.1 Å². The van der Waals surface area contributed by atoms with E-state index in [2.05, 4.69) is 27.8 Å². The summed E-state index contributed by atoms with van der Waals surface area (Å²) >= 11 is 3.62. The molecule has 3 rings (SSSR count). The zero-order valence-electron chi connectivity index (χ0n) is 11.1. The third-order valence-corrected chi connectivity index (χ3v) is 4.89. The van der Waals surface area contributed by atoms with Crippen LogP contribution in [-0.2, 0) is 11.3 Å². The maximum atomic E-state index is 11.5. The highest BCUT2D eigenvalue weighted by Gasteiger charge is 2.27. The number of esters is 1. The maximum absolute atomic E-state index is 11.5. The first-order valence-corrected chi connectivity index (χ1v) is 7.36. The normalized spacial score (nSPS) is 18.1. The Morgan fingerprint density at radius 1 is 1.35 bits per heavy atom. The summed E-state index contributed by atoms with van der Waals surface area (Å²) in [5.74, 6) is 0.295. The maximum Gasteiger partial charge on any atom is 0.338 e. The second kappa shape index (κ2) is 6.29. The van der Waals surface area contributed by atoms with Crippen molar-refractivity contribution >= 4 is 39.9 Å². The lowest BCUT2D eigenvalue weighted by Gasteiger charge is -2.25. The predicted octanol–water partition coefficient (Wildman–Crippen LogP) is 3.55. The van der Waals surface area contributed by atoms with Crippen LogP contribution in [0.3, 0.4) is 0 Å². The second-order valence-corrected chi connectivity index (χ2v) is 5.87. The van der Waals surface area contributed by atoms with Crippen LogP contribution in [0, 0.1) is 5.92 Å². The Hall–Kier alpha value is -0.840. The highest BCUT2D eigenvalue weighted by Crippen LogP contribution is 2.37. The summed E-state index contributed by atoms with van der Waals surface area (Å²) in [5.41, 5.74) is 3.91. The van der Waals surface area contributed by atoms with Gasteiger partial charge in [0, 0.05) is 10.0 Å². The van der Waals surface area contributed by atoms with Crippen LogP contribution in [0.5, 0.6) is 0 Å². The number of ether oxygens (including phenoxy) is 1. The molecule has 0 aromatic heterocycles. The third-order valence-electron chi connectivity index (χ3n) is 3.99. The predicted molar refractivity (Wildman–Crippen MR) is 85.1 cm³/mol. The van der Waals surface area contributed by atoms with Crippen molar-refractivity contribution in [1.29, 1.82) is 0 Å². The lowest BCUT2D eigenvalue weighted by Crippen LogP contribution is -2.28. The minimum atomic E-state index is -0.227. The van der Waals surface area contributed by atoms with Crippen LogP contribution >= 0.6 is 28.3 Å². The van der Waals surface area contributed by atoms with E-state index < -0.39 is 0 Å². The lowest BCUT2D eigenvalue weighted by molar-refractivity contribution is 0.0535. The first-order valence-electron chi connectivity index (χ1n) is 6.57. The molecule has 1 aromatic carbocycles. The number of piperidine rings is 1. The van der Waals surface area contributed by atoms with Crippen molar-refractivity contribution in [3.63, 3.8) is 0 Å². The van der Waals surface area contributed by atoms with Gasteiger partial charge in [-0.15, -0.1) is 12.4 Å². The summed E-state index contributed by atoms with van der Waals surface area (Å²) in [6.45, 7) is 6.73. The number of cyclic esters (lactones) is 1. The molecule has 0 bridgehead atoms. The SMILES string of the molecule is C=C(c1ccc2c(c1Br)COC2=O)C1CCNCC1.Cl. The molecule has 5 heteroatoms. The van der Waals surface area contributed by atoms with Crippen molar-refractivity contribution in [2.75, 3.05) is 13.1 Å². The molecule has 1 N–H and O–H groups in total. The molecule has 2 heterocycles. The number of hydrogen-bond acceptors (Lipinski definition) is 3. The van der Waals surface area contributed by atoms with Gasteiger partial charge in [0.05, 0.1) is 5.56 Å². The number of halogens is 2. The smallest absolute Gasteiger partial charge is 0.338 e. The van der Waals surface area contributed by atoms with Crippen molar-refractivity contribution in [3.05, 3.63) is 39.9 Å². The summed E-state index contributed by atoms with van der Waals surface area (Å²) in [4.78, 5) is 11.5. The van der Waals surface area contributed by atoms with Crippen molar-refractivity contribution in [1.82, 2.24) is 5.32 Å². The van der Waals surface area contributed by atoms with E-state index in [9.17, 15) is 4.79 Å². The minimum Gasteiger partial charge on any atom is -0.457 e. The fraction of sp³-hybridized carbons (Fsp3) is 0.400.